The maximum Gasteiger partial charge on any atom is 0.316 e. The van der Waals surface area contributed by atoms with E-state index in [2.05, 4.69) is 0 Å². The Kier molecular flexibility index (Phi) is 2.68. The molecule has 12 heavy (non-hydrogen) atoms. The summed E-state index contributed by atoms with van der Waals surface area (Å²) in [5, 5.41) is 8.70. The van der Waals surface area contributed by atoms with Crippen LogP contribution < -0.4 is 0 Å². The number of nitrogens with zero attached hydrogens (tertiary/aromatic N) is 1. The Morgan fingerprint density at radius 1 is 1.58 bits per heavy atom. The van der Waals surface area contributed by atoms with Crippen molar-refractivity contribution in [1.82, 2.24) is 4.90 Å². The number of likely N-dealkylation sites (tertiary alicyclic amines) is 1. The molecule has 0 aromatic heterocycles. The zero-order valence-corrected chi connectivity index (χ0v) is 7.12. The van der Waals surface area contributed by atoms with Gasteiger partial charge in [0.2, 0.25) is 5.91 Å². The average molecular weight is 171 g/mol. The van der Waals surface area contributed by atoms with Gasteiger partial charge in [0.1, 0.15) is 5.92 Å². The first kappa shape index (κ1) is 9.03. The number of amides is 1. The molecule has 0 aromatic carbocycles. The highest BCUT2D eigenvalue weighted by atomic mass is 16.4. The lowest BCUT2D eigenvalue weighted by molar-refractivity contribution is -0.150. The molecule has 0 bridgehead atoms. The first-order valence-electron chi connectivity index (χ1n) is 4.10. The predicted octanol–water partition coefficient (Wildman–Crippen LogP) is 0.330. The minimum absolute atomic E-state index is 0.250. The molecule has 0 unspecified atom stereocenters. The third-order valence-electron chi connectivity index (χ3n) is 2.21. The van der Waals surface area contributed by atoms with Crippen LogP contribution in [-0.4, -0.2) is 35.5 Å². The zero-order chi connectivity index (χ0) is 9.14. The lowest BCUT2D eigenvalue weighted by atomic mass is 10.0. The molecule has 1 aliphatic heterocycles. The number of carbonyl (C=O) groups excluding carboxylic acids is 1. The summed E-state index contributed by atoms with van der Waals surface area (Å²) in [6.07, 6.45) is 2.22. The Labute approximate surface area is 71.2 Å². The molecule has 4 heteroatoms. The van der Waals surface area contributed by atoms with Gasteiger partial charge in [-0.3, -0.25) is 9.59 Å². The number of carboxylic acids is 1. The first-order chi connectivity index (χ1) is 5.63. The Balaban J connectivity index is 2.71. The molecule has 1 fully saturated rings. The van der Waals surface area contributed by atoms with Crippen molar-refractivity contribution in [2.24, 2.45) is 5.92 Å². The summed E-state index contributed by atoms with van der Waals surface area (Å²) in [5.74, 6) is -2.05. The lowest BCUT2D eigenvalue weighted by Crippen LogP contribution is -2.35. The monoisotopic (exact) mass is 171 g/mol. The van der Waals surface area contributed by atoms with E-state index in [1.807, 2.05) is 0 Å². The van der Waals surface area contributed by atoms with E-state index in [0.717, 1.165) is 12.8 Å². The molecular formula is C8H13NO3. The van der Waals surface area contributed by atoms with Crippen LogP contribution in [0, 0.1) is 5.92 Å². The number of hydrogen-bond acceptors (Lipinski definition) is 2. The molecule has 4 nitrogen and oxygen atoms in total. The van der Waals surface area contributed by atoms with Crippen LogP contribution in [-0.2, 0) is 9.59 Å². The highest BCUT2D eigenvalue weighted by Crippen LogP contribution is 2.16. The van der Waals surface area contributed by atoms with Gasteiger partial charge in [-0.1, -0.05) is 6.42 Å². The summed E-state index contributed by atoms with van der Waals surface area (Å²) >= 11 is 0. The number of aliphatic carboxylic acids is 1. The van der Waals surface area contributed by atoms with E-state index in [9.17, 15) is 9.59 Å². The molecule has 1 amide bonds. The molecule has 0 radical (unpaired) electrons. The Bertz CT molecular complexity index is 202. The van der Waals surface area contributed by atoms with E-state index >= 15 is 0 Å². The molecule has 0 aliphatic carbocycles. The summed E-state index contributed by atoms with van der Waals surface area (Å²) in [6, 6.07) is 0. The number of hydrogen-bond donors (Lipinski definition) is 1. The van der Waals surface area contributed by atoms with E-state index in [1.54, 1.807) is 7.05 Å². The van der Waals surface area contributed by atoms with Gasteiger partial charge in [0.05, 0.1) is 0 Å². The molecule has 1 rings (SSSR count). The van der Waals surface area contributed by atoms with Crippen molar-refractivity contribution in [3.8, 4) is 0 Å². The summed E-state index contributed by atoms with van der Waals surface area (Å²) in [6.45, 7) is 0.683. The molecule has 1 saturated heterocycles. The highest BCUT2D eigenvalue weighted by molar-refractivity contribution is 5.96. The van der Waals surface area contributed by atoms with E-state index in [-0.39, 0.29) is 5.91 Å². The molecule has 1 aliphatic rings. The van der Waals surface area contributed by atoms with Gasteiger partial charge in [-0.25, -0.2) is 0 Å². The standard InChI is InChI=1S/C8H13NO3/c1-9-5-3-2-4-6(7(9)10)8(11)12/h6H,2-5H2,1H3,(H,11,12)/t6-/m1/s1. The van der Waals surface area contributed by atoms with Crippen LogP contribution in [0.5, 0.6) is 0 Å². The van der Waals surface area contributed by atoms with Crippen LogP contribution in [0.25, 0.3) is 0 Å². The fraction of sp³-hybridized carbons (Fsp3) is 0.750. The van der Waals surface area contributed by atoms with Gasteiger partial charge in [0.15, 0.2) is 0 Å². The summed E-state index contributed by atoms with van der Waals surface area (Å²) in [5.41, 5.74) is 0. The minimum atomic E-state index is -0.992. The first-order valence-corrected chi connectivity index (χ1v) is 4.10. The summed E-state index contributed by atoms with van der Waals surface area (Å²) < 4.78 is 0. The van der Waals surface area contributed by atoms with Crippen LogP contribution >= 0.6 is 0 Å². The summed E-state index contributed by atoms with van der Waals surface area (Å²) in [7, 11) is 1.66. The predicted molar refractivity (Wildman–Crippen MR) is 42.6 cm³/mol. The van der Waals surface area contributed by atoms with Crippen LogP contribution in [0.1, 0.15) is 19.3 Å². The molecular weight excluding hydrogens is 158 g/mol. The second-order valence-corrected chi connectivity index (χ2v) is 3.15. The Morgan fingerprint density at radius 3 is 2.83 bits per heavy atom. The third-order valence-corrected chi connectivity index (χ3v) is 2.21. The second kappa shape index (κ2) is 3.56. The summed E-state index contributed by atoms with van der Waals surface area (Å²) in [4.78, 5) is 23.5. The second-order valence-electron chi connectivity index (χ2n) is 3.15. The smallest absolute Gasteiger partial charge is 0.316 e. The molecule has 0 saturated carbocycles. The van der Waals surface area contributed by atoms with Gasteiger partial charge in [-0.15, -0.1) is 0 Å². The number of rotatable bonds is 1. The van der Waals surface area contributed by atoms with E-state index in [1.165, 1.54) is 4.90 Å². The van der Waals surface area contributed by atoms with Crippen molar-refractivity contribution in [3.63, 3.8) is 0 Å². The lowest BCUT2D eigenvalue weighted by Gasteiger charge is -2.16. The van der Waals surface area contributed by atoms with Crippen LogP contribution in [0.3, 0.4) is 0 Å². The van der Waals surface area contributed by atoms with Crippen LogP contribution in [0.15, 0.2) is 0 Å². The van der Waals surface area contributed by atoms with Gasteiger partial charge >= 0.3 is 5.97 Å². The maximum absolute atomic E-state index is 11.3. The quantitative estimate of drug-likeness (QED) is 0.578. The molecule has 1 N–H and O–H groups in total. The zero-order valence-electron chi connectivity index (χ0n) is 7.12. The van der Waals surface area contributed by atoms with Crippen molar-refractivity contribution in [2.75, 3.05) is 13.6 Å². The van der Waals surface area contributed by atoms with Gasteiger partial charge in [-0.2, -0.15) is 0 Å². The maximum atomic E-state index is 11.3. The highest BCUT2D eigenvalue weighted by Gasteiger charge is 2.30. The molecule has 0 aromatic rings. The SMILES string of the molecule is CN1CCCC[C@@H](C(=O)O)C1=O. The molecule has 68 valence electrons. The number of carbonyl (C=O) groups is 2. The normalized spacial score (nSPS) is 25.2. The molecule has 0 spiro atoms. The van der Waals surface area contributed by atoms with Crippen molar-refractivity contribution >= 4 is 11.9 Å². The largest absolute Gasteiger partial charge is 0.481 e. The minimum Gasteiger partial charge on any atom is -0.481 e. The van der Waals surface area contributed by atoms with Crippen molar-refractivity contribution in [1.29, 1.82) is 0 Å². The van der Waals surface area contributed by atoms with Gasteiger partial charge in [0, 0.05) is 13.6 Å². The van der Waals surface area contributed by atoms with Gasteiger partial charge in [-0.05, 0) is 12.8 Å². The van der Waals surface area contributed by atoms with E-state index < -0.39 is 11.9 Å². The van der Waals surface area contributed by atoms with Crippen LogP contribution in [0.2, 0.25) is 0 Å². The fourth-order valence-corrected chi connectivity index (χ4v) is 1.43. The fourth-order valence-electron chi connectivity index (χ4n) is 1.43. The molecule has 1 atom stereocenters. The van der Waals surface area contributed by atoms with Crippen molar-refractivity contribution in [3.05, 3.63) is 0 Å². The van der Waals surface area contributed by atoms with Gasteiger partial charge in [0.25, 0.3) is 0 Å². The van der Waals surface area contributed by atoms with Crippen molar-refractivity contribution < 1.29 is 14.7 Å². The van der Waals surface area contributed by atoms with Gasteiger partial charge < -0.3 is 10.0 Å². The van der Waals surface area contributed by atoms with E-state index in [0.29, 0.717) is 13.0 Å². The number of carboxylic acid groups (broad SMARTS) is 1. The van der Waals surface area contributed by atoms with Crippen molar-refractivity contribution in [2.45, 2.75) is 19.3 Å². The Hall–Kier alpha value is -1.06. The topological polar surface area (TPSA) is 57.6 Å². The van der Waals surface area contributed by atoms with Crippen LogP contribution in [0.4, 0.5) is 0 Å². The van der Waals surface area contributed by atoms with E-state index in [4.69, 9.17) is 5.11 Å². The third kappa shape index (κ3) is 1.75. The Morgan fingerprint density at radius 2 is 2.25 bits per heavy atom. The average Bonchev–Trinajstić information content (AvgIpc) is 2.15. The molecule has 1 heterocycles.